The average molecular weight is 310 g/mol. The third-order valence-electron chi connectivity index (χ3n) is 4.41. The molecule has 4 rings (SSSR count). The summed E-state index contributed by atoms with van der Waals surface area (Å²) in [7, 11) is 0. The molecule has 5 heteroatoms. The molecule has 0 spiro atoms. The Balaban J connectivity index is 1.47. The van der Waals surface area contributed by atoms with Crippen LogP contribution in [0.25, 0.3) is 0 Å². The maximum atomic E-state index is 12.2. The lowest BCUT2D eigenvalue weighted by Gasteiger charge is -2.09. The quantitative estimate of drug-likeness (QED) is 0.630. The van der Waals surface area contributed by atoms with Crippen LogP contribution in [0.3, 0.4) is 0 Å². The minimum atomic E-state index is -0.700. The van der Waals surface area contributed by atoms with Crippen molar-refractivity contribution in [1.29, 1.82) is 0 Å². The van der Waals surface area contributed by atoms with Gasteiger partial charge in [0.05, 0.1) is 24.3 Å². The molecule has 5 nitrogen and oxygen atoms in total. The van der Waals surface area contributed by atoms with E-state index in [1.807, 2.05) is 12.1 Å². The fraction of sp³-hybridized carbons (Fsp3) is 0.222. The zero-order chi connectivity index (χ0) is 15.8. The normalized spacial score (nSPS) is 20.9. The first kappa shape index (κ1) is 14.0. The SMILES string of the molecule is O=C(OOC(=O)c1ccc2cc1C1COCC21)c1ccccc1. The van der Waals surface area contributed by atoms with Crippen LogP contribution in [0.4, 0.5) is 0 Å². The van der Waals surface area contributed by atoms with Gasteiger partial charge in [0, 0.05) is 11.8 Å². The number of hydrogen-bond donors (Lipinski definition) is 0. The average Bonchev–Trinajstić information content (AvgIpc) is 3.17. The molecule has 1 saturated heterocycles. The van der Waals surface area contributed by atoms with Crippen molar-refractivity contribution >= 4 is 11.9 Å². The molecule has 116 valence electrons. The summed E-state index contributed by atoms with van der Waals surface area (Å²) in [5, 5.41) is 0. The van der Waals surface area contributed by atoms with Crippen LogP contribution in [0.1, 0.15) is 43.7 Å². The maximum Gasteiger partial charge on any atom is 0.386 e. The molecule has 1 fully saturated rings. The van der Waals surface area contributed by atoms with E-state index in [-0.39, 0.29) is 5.92 Å². The van der Waals surface area contributed by atoms with Gasteiger partial charge in [0.25, 0.3) is 0 Å². The summed E-state index contributed by atoms with van der Waals surface area (Å²) in [6.45, 7) is 1.28. The highest BCUT2D eigenvalue weighted by molar-refractivity contribution is 5.93. The molecule has 1 aliphatic carbocycles. The largest absolute Gasteiger partial charge is 0.386 e. The third-order valence-corrected chi connectivity index (χ3v) is 4.41. The lowest BCUT2D eigenvalue weighted by molar-refractivity contribution is -0.187. The van der Waals surface area contributed by atoms with E-state index in [2.05, 4.69) is 4.89 Å². The molecule has 0 radical (unpaired) electrons. The van der Waals surface area contributed by atoms with Crippen molar-refractivity contribution in [3.63, 3.8) is 0 Å². The molecule has 0 N–H and O–H groups in total. The van der Waals surface area contributed by atoms with Gasteiger partial charge < -0.3 is 4.74 Å². The zero-order valence-corrected chi connectivity index (χ0v) is 12.2. The molecule has 1 aliphatic heterocycles. The number of carbonyl (C=O) groups is 2. The van der Waals surface area contributed by atoms with Crippen molar-refractivity contribution < 1.29 is 24.1 Å². The van der Waals surface area contributed by atoms with E-state index in [9.17, 15) is 9.59 Å². The predicted octanol–water partition coefficient (Wildman–Crippen LogP) is 2.83. The second-order valence-corrected chi connectivity index (χ2v) is 5.70. The Morgan fingerprint density at radius 2 is 1.65 bits per heavy atom. The maximum absolute atomic E-state index is 12.2. The molecule has 2 bridgehead atoms. The molecule has 23 heavy (non-hydrogen) atoms. The molecule has 2 aromatic rings. The first-order valence-electron chi connectivity index (χ1n) is 7.44. The molecule has 2 unspecified atom stereocenters. The molecule has 2 aliphatic rings. The number of ether oxygens (including phenoxy) is 1. The van der Waals surface area contributed by atoms with Crippen LogP contribution >= 0.6 is 0 Å². The van der Waals surface area contributed by atoms with E-state index >= 15 is 0 Å². The zero-order valence-electron chi connectivity index (χ0n) is 12.2. The van der Waals surface area contributed by atoms with Crippen LogP contribution in [0.15, 0.2) is 48.5 Å². The lowest BCUT2D eigenvalue weighted by atomic mass is 9.93. The van der Waals surface area contributed by atoms with E-state index < -0.39 is 11.9 Å². The van der Waals surface area contributed by atoms with Gasteiger partial charge in [0.1, 0.15) is 0 Å². The monoisotopic (exact) mass is 310 g/mol. The molecule has 2 atom stereocenters. The van der Waals surface area contributed by atoms with Crippen LogP contribution in [0.5, 0.6) is 0 Å². The van der Waals surface area contributed by atoms with E-state index in [1.165, 1.54) is 5.56 Å². The Kier molecular flexibility index (Phi) is 3.35. The fourth-order valence-electron chi connectivity index (χ4n) is 3.24. The molecular formula is C18H14O5. The van der Waals surface area contributed by atoms with Crippen LogP contribution in [0, 0.1) is 0 Å². The van der Waals surface area contributed by atoms with Crippen molar-refractivity contribution in [2.75, 3.05) is 13.2 Å². The highest BCUT2D eigenvalue weighted by Gasteiger charge is 2.39. The van der Waals surface area contributed by atoms with Crippen LogP contribution in [-0.4, -0.2) is 25.2 Å². The molecular weight excluding hydrogens is 296 g/mol. The van der Waals surface area contributed by atoms with Gasteiger partial charge in [-0.1, -0.05) is 30.3 Å². The fourth-order valence-corrected chi connectivity index (χ4v) is 3.24. The van der Waals surface area contributed by atoms with E-state index in [0.29, 0.717) is 30.3 Å². The summed E-state index contributed by atoms with van der Waals surface area (Å²) in [5.74, 6) is -0.858. The minimum Gasteiger partial charge on any atom is -0.380 e. The first-order valence-corrected chi connectivity index (χ1v) is 7.44. The van der Waals surface area contributed by atoms with Crippen molar-refractivity contribution in [1.82, 2.24) is 0 Å². The summed E-state index contributed by atoms with van der Waals surface area (Å²) in [4.78, 5) is 33.4. The summed E-state index contributed by atoms with van der Waals surface area (Å²) in [5.41, 5.74) is 2.84. The summed E-state index contributed by atoms with van der Waals surface area (Å²) >= 11 is 0. The van der Waals surface area contributed by atoms with E-state index in [0.717, 1.165) is 5.56 Å². The Morgan fingerprint density at radius 1 is 0.913 bits per heavy atom. The van der Waals surface area contributed by atoms with Gasteiger partial charge in [-0.05, 0) is 29.3 Å². The van der Waals surface area contributed by atoms with Crippen molar-refractivity contribution in [2.45, 2.75) is 11.8 Å². The van der Waals surface area contributed by atoms with Gasteiger partial charge >= 0.3 is 11.9 Å². The van der Waals surface area contributed by atoms with Gasteiger partial charge in [-0.25, -0.2) is 19.4 Å². The summed E-state index contributed by atoms with van der Waals surface area (Å²) in [6, 6.07) is 14.0. The van der Waals surface area contributed by atoms with Gasteiger partial charge in [-0.2, -0.15) is 0 Å². The van der Waals surface area contributed by atoms with Gasteiger partial charge in [-0.3, -0.25) is 0 Å². The second-order valence-electron chi connectivity index (χ2n) is 5.70. The Bertz CT molecular complexity index is 768. The Morgan fingerprint density at radius 3 is 2.48 bits per heavy atom. The molecule has 0 saturated carbocycles. The topological polar surface area (TPSA) is 61.8 Å². The van der Waals surface area contributed by atoms with E-state index in [1.54, 1.807) is 36.4 Å². The van der Waals surface area contributed by atoms with Gasteiger partial charge in [0.2, 0.25) is 0 Å². The smallest absolute Gasteiger partial charge is 0.380 e. The van der Waals surface area contributed by atoms with Gasteiger partial charge in [-0.15, -0.1) is 0 Å². The summed E-state index contributed by atoms with van der Waals surface area (Å²) in [6.07, 6.45) is 0. The highest BCUT2D eigenvalue weighted by atomic mass is 17.2. The van der Waals surface area contributed by atoms with Crippen LogP contribution in [0.2, 0.25) is 0 Å². The van der Waals surface area contributed by atoms with Crippen molar-refractivity contribution in [3.05, 3.63) is 70.8 Å². The molecule has 1 heterocycles. The number of hydrogen-bond acceptors (Lipinski definition) is 5. The molecule has 2 aromatic carbocycles. The highest BCUT2D eigenvalue weighted by Crippen LogP contribution is 2.46. The van der Waals surface area contributed by atoms with Crippen molar-refractivity contribution in [2.24, 2.45) is 0 Å². The molecule has 0 aromatic heterocycles. The molecule has 0 amide bonds. The van der Waals surface area contributed by atoms with Gasteiger partial charge in [0.15, 0.2) is 0 Å². The summed E-state index contributed by atoms with van der Waals surface area (Å²) < 4.78 is 5.49. The standard InChI is InChI=1S/C18H14O5/c19-17(11-4-2-1-3-5-11)22-23-18(20)13-7-6-12-8-14(13)16-10-21-9-15(12)16/h1-8,15-16H,9-10H2. The first-order chi connectivity index (χ1) is 11.2. The Hall–Kier alpha value is -2.66. The third kappa shape index (κ3) is 2.39. The lowest BCUT2D eigenvalue weighted by Crippen LogP contribution is -2.14. The number of fused-ring (bicyclic) bond motifs is 5. The minimum absolute atomic E-state index is 0.187. The number of rotatable bonds is 2. The second kappa shape index (κ2) is 5.52. The van der Waals surface area contributed by atoms with Crippen LogP contribution < -0.4 is 0 Å². The number of benzene rings is 2. The van der Waals surface area contributed by atoms with E-state index in [4.69, 9.17) is 9.62 Å². The Labute approximate surface area is 132 Å². The number of carbonyl (C=O) groups excluding carboxylic acids is 2. The van der Waals surface area contributed by atoms with Crippen LogP contribution in [-0.2, 0) is 14.5 Å². The predicted molar refractivity (Wildman–Crippen MR) is 80.0 cm³/mol. The van der Waals surface area contributed by atoms with Crippen molar-refractivity contribution in [3.8, 4) is 0 Å².